The van der Waals surface area contributed by atoms with Crippen LogP contribution in [0, 0.1) is 5.92 Å². The van der Waals surface area contributed by atoms with Gasteiger partial charge in [0.1, 0.15) is 5.41 Å². The fourth-order valence-corrected chi connectivity index (χ4v) is 3.20. The second-order valence-electron chi connectivity index (χ2n) is 5.88. The monoisotopic (exact) mass is 298 g/mol. The van der Waals surface area contributed by atoms with Gasteiger partial charge in [0.2, 0.25) is 0 Å². The molecule has 1 N–H and O–H groups in total. The van der Waals surface area contributed by atoms with Crippen LogP contribution in [0.4, 0.5) is 5.13 Å². The van der Waals surface area contributed by atoms with Crippen molar-refractivity contribution in [3.8, 4) is 0 Å². The van der Waals surface area contributed by atoms with E-state index in [4.69, 9.17) is 4.74 Å². The minimum Gasteiger partial charge on any atom is -0.481 e. The lowest BCUT2D eigenvalue weighted by Gasteiger charge is -2.27. The Kier molecular flexibility index (Phi) is 4.65. The number of carboxylic acid groups (broad SMARTS) is 1. The van der Waals surface area contributed by atoms with Crippen molar-refractivity contribution in [3.63, 3.8) is 0 Å². The number of ether oxygens (including phenoxy) is 1. The molecule has 112 valence electrons. The molecule has 0 bridgehead atoms. The molecule has 0 unspecified atom stereocenters. The van der Waals surface area contributed by atoms with Gasteiger partial charge < -0.3 is 14.7 Å². The number of hydrogen-bond acceptors (Lipinski definition) is 5. The number of nitrogens with zero attached hydrogens (tertiary/aromatic N) is 2. The predicted molar refractivity (Wildman–Crippen MR) is 79.6 cm³/mol. The minimum absolute atomic E-state index is 0.629. The van der Waals surface area contributed by atoms with Crippen LogP contribution in [0.1, 0.15) is 32.4 Å². The maximum absolute atomic E-state index is 11.3. The molecule has 1 fully saturated rings. The molecule has 1 aliphatic heterocycles. The SMILES string of the molecule is CN(CC1CCOCC1)c1nc(C(C)(C)C(=O)O)cs1. The quantitative estimate of drug-likeness (QED) is 0.904. The molecular weight excluding hydrogens is 276 g/mol. The molecule has 0 amide bonds. The average Bonchev–Trinajstić information content (AvgIpc) is 2.90. The molecule has 0 saturated carbocycles. The molecule has 5 nitrogen and oxygen atoms in total. The largest absolute Gasteiger partial charge is 0.481 e. The van der Waals surface area contributed by atoms with Crippen LogP contribution in [-0.2, 0) is 14.9 Å². The van der Waals surface area contributed by atoms with E-state index in [1.54, 1.807) is 13.8 Å². The number of thiazole rings is 1. The Morgan fingerprint density at radius 1 is 1.55 bits per heavy atom. The molecule has 0 atom stereocenters. The van der Waals surface area contributed by atoms with Crippen molar-refractivity contribution < 1.29 is 14.6 Å². The zero-order valence-corrected chi connectivity index (χ0v) is 13.1. The van der Waals surface area contributed by atoms with E-state index in [9.17, 15) is 9.90 Å². The zero-order valence-electron chi connectivity index (χ0n) is 12.3. The van der Waals surface area contributed by atoms with E-state index < -0.39 is 11.4 Å². The van der Waals surface area contributed by atoms with E-state index in [0.717, 1.165) is 37.7 Å². The molecule has 20 heavy (non-hydrogen) atoms. The fraction of sp³-hybridized carbons (Fsp3) is 0.714. The Balaban J connectivity index is 2.02. The highest BCUT2D eigenvalue weighted by atomic mass is 32.1. The summed E-state index contributed by atoms with van der Waals surface area (Å²) in [6.07, 6.45) is 2.17. The van der Waals surface area contributed by atoms with Crippen molar-refractivity contribution in [1.82, 2.24) is 4.98 Å². The Bertz CT molecular complexity index is 467. The number of rotatable bonds is 5. The summed E-state index contributed by atoms with van der Waals surface area (Å²) >= 11 is 1.51. The minimum atomic E-state index is -0.936. The molecule has 2 heterocycles. The van der Waals surface area contributed by atoms with Crippen molar-refractivity contribution in [2.75, 3.05) is 31.7 Å². The Labute approximate surface area is 123 Å². The van der Waals surface area contributed by atoms with Crippen LogP contribution in [0.15, 0.2) is 5.38 Å². The lowest BCUT2D eigenvalue weighted by Crippen LogP contribution is -2.31. The Morgan fingerprint density at radius 2 is 2.20 bits per heavy atom. The summed E-state index contributed by atoms with van der Waals surface area (Å²) in [4.78, 5) is 17.9. The van der Waals surface area contributed by atoms with Crippen molar-refractivity contribution in [2.45, 2.75) is 32.1 Å². The third kappa shape index (κ3) is 3.30. The van der Waals surface area contributed by atoms with Crippen LogP contribution >= 0.6 is 11.3 Å². The van der Waals surface area contributed by atoms with Gasteiger partial charge in [0.25, 0.3) is 0 Å². The van der Waals surface area contributed by atoms with E-state index in [1.807, 2.05) is 12.4 Å². The first-order chi connectivity index (χ1) is 9.41. The second kappa shape index (κ2) is 6.10. The van der Waals surface area contributed by atoms with Crippen molar-refractivity contribution >= 4 is 22.4 Å². The van der Waals surface area contributed by atoms with Gasteiger partial charge in [-0.2, -0.15) is 0 Å². The molecule has 1 aromatic rings. The first-order valence-electron chi connectivity index (χ1n) is 6.89. The van der Waals surface area contributed by atoms with E-state index in [1.165, 1.54) is 11.3 Å². The van der Waals surface area contributed by atoms with Gasteiger partial charge in [0, 0.05) is 32.2 Å². The van der Waals surface area contributed by atoms with Gasteiger partial charge in [-0.15, -0.1) is 11.3 Å². The molecule has 2 rings (SSSR count). The van der Waals surface area contributed by atoms with Crippen LogP contribution < -0.4 is 4.90 Å². The third-order valence-electron chi connectivity index (χ3n) is 3.87. The summed E-state index contributed by atoms with van der Waals surface area (Å²) in [5.74, 6) is -0.213. The van der Waals surface area contributed by atoms with Gasteiger partial charge in [-0.05, 0) is 32.6 Å². The zero-order chi connectivity index (χ0) is 14.8. The van der Waals surface area contributed by atoms with E-state index in [2.05, 4.69) is 9.88 Å². The van der Waals surface area contributed by atoms with Crippen LogP contribution in [0.2, 0.25) is 0 Å². The highest BCUT2D eigenvalue weighted by molar-refractivity contribution is 7.13. The fourth-order valence-electron chi connectivity index (χ4n) is 2.23. The summed E-state index contributed by atoms with van der Waals surface area (Å²) in [7, 11) is 2.02. The topological polar surface area (TPSA) is 62.7 Å². The molecule has 6 heteroatoms. The van der Waals surface area contributed by atoms with E-state index in [0.29, 0.717) is 11.6 Å². The van der Waals surface area contributed by atoms with Crippen molar-refractivity contribution in [1.29, 1.82) is 0 Å². The van der Waals surface area contributed by atoms with Crippen LogP contribution in [0.25, 0.3) is 0 Å². The summed E-state index contributed by atoms with van der Waals surface area (Å²) in [6, 6.07) is 0. The van der Waals surface area contributed by atoms with Gasteiger partial charge in [-0.1, -0.05) is 0 Å². The first-order valence-corrected chi connectivity index (χ1v) is 7.77. The molecule has 1 aliphatic rings. The molecule has 0 aliphatic carbocycles. The van der Waals surface area contributed by atoms with Crippen LogP contribution in [0.5, 0.6) is 0 Å². The number of aromatic nitrogens is 1. The van der Waals surface area contributed by atoms with Crippen molar-refractivity contribution in [3.05, 3.63) is 11.1 Å². The number of carbonyl (C=O) groups is 1. The molecule has 0 spiro atoms. The molecule has 1 aromatic heterocycles. The predicted octanol–water partition coefficient (Wildman–Crippen LogP) is 2.37. The average molecular weight is 298 g/mol. The van der Waals surface area contributed by atoms with Gasteiger partial charge in [0.15, 0.2) is 5.13 Å². The molecule has 0 aromatic carbocycles. The number of hydrogen-bond donors (Lipinski definition) is 1. The number of aliphatic carboxylic acids is 1. The standard InChI is InChI=1S/C14H22N2O3S/c1-14(2,12(17)18)11-9-20-13(15-11)16(3)8-10-4-6-19-7-5-10/h9-10H,4-8H2,1-3H3,(H,17,18). The molecule has 1 saturated heterocycles. The van der Waals surface area contributed by atoms with E-state index >= 15 is 0 Å². The first kappa shape index (κ1) is 15.3. The third-order valence-corrected chi connectivity index (χ3v) is 4.82. The van der Waals surface area contributed by atoms with Gasteiger partial charge in [0.05, 0.1) is 5.69 Å². The normalized spacial score (nSPS) is 17.1. The van der Waals surface area contributed by atoms with Gasteiger partial charge in [-0.25, -0.2) is 4.98 Å². The second-order valence-corrected chi connectivity index (χ2v) is 6.72. The molecular formula is C14H22N2O3S. The van der Waals surface area contributed by atoms with Crippen LogP contribution in [-0.4, -0.2) is 42.9 Å². The number of carboxylic acids is 1. The summed E-state index contributed by atoms with van der Waals surface area (Å²) in [6.45, 7) is 6.00. The highest BCUT2D eigenvalue weighted by Gasteiger charge is 2.32. The Hall–Kier alpha value is -1.14. The Morgan fingerprint density at radius 3 is 2.80 bits per heavy atom. The highest BCUT2D eigenvalue weighted by Crippen LogP contribution is 2.29. The van der Waals surface area contributed by atoms with E-state index in [-0.39, 0.29) is 0 Å². The number of anilines is 1. The summed E-state index contributed by atoms with van der Waals surface area (Å²) in [5, 5.41) is 12.0. The summed E-state index contributed by atoms with van der Waals surface area (Å²) < 4.78 is 5.37. The maximum atomic E-state index is 11.3. The van der Waals surface area contributed by atoms with Gasteiger partial charge in [-0.3, -0.25) is 4.79 Å². The summed E-state index contributed by atoms with van der Waals surface area (Å²) in [5.41, 5.74) is -0.308. The lowest BCUT2D eigenvalue weighted by molar-refractivity contribution is -0.142. The van der Waals surface area contributed by atoms with Gasteiger partial charge >= 0.3 is 5.97 Å². The van der Waals surface area contributed by atoms with Crippen LogP contribution in [0.3, 0.4) is 0 Å². The molecule has 0 radical (unpaired) electrons. The maximum Gasteiger partial charge on any atom is 0.315 e. The smallest absolute Gasteiger partial charge is 0.315 e. The lowest BCUT2D eigenvalue weighted by atomic mass is 9.90. The van der Waals surface area contributed by atoms with Crippen molar-refractivity contribution in [2.24, 2.45) is 5.92 Å².